The lowest BCUT2D eigenvalue weighted by atomic mass is 9.99. The molecule has 1 aromatic heterocycles. The Bertz CT molecular complexity index is 611. The molecule has 1 heterocycles. The van der Waals surface area contributed by atoms with Gasteiger partial charge in [0.1, 0.15) is 0 Å². The fourth-order valence-corrected chi connectivity index (χ4v) is 2.25. The summed E-state index contributed by atoms with van der Waals surface area (Å²) in [5.41, 5.74) is 3.36. The fraction of sp³-hybridized carbons (Fsp3) is 0.294. The summed E-state index contributed by atoms with van der Waals surface area (Å²) in [6.07, 6.45) is 2.29. The molecule has 2 rings (SSSR count). The van der Waals surface area contributed by atoms with Crippen LogP contribution in [0.15, 0.2) is 42.6 Å². The van der Waals surface area contributed by atoms with E-state index in [4.69, 9.17) is 5.11 Å². The van der Waals surface area contributed by atoms with Crippen molar-refractivity contribution >= 4 is 5.91 Å². The molecule has 1 amide bonds. The zero-order valence-corrected chi connectivity index (χ0v) is 12.3. The maximum absolute atomic E-state index is 12.3. The first-order valence-corrected chi connectivity index (χ1v) is 7.06. The Hall–Kier alpha value is -2.20. The molecule has 1 unspecified atom stereocenters. The Morgan fingerprint density at radius 2 is 2.10 bits per heavy atom. The molecule has 0 aliphatic rings. The van der Waals surface area contributed by atoms with Crippen LogP contribution in [0.1, 0.15) is 29.3 Å². The zero-order valence-electron chi connectivity index (χ0n) is 12.3. The summed E-state index contributed by atoms with van der Waals surface area (Å²) < 4.78 is 0. The van der Waals surface area contributed by atoms with Gasteiger partial charge < -0.3 is 10.4 Å². The van der Waals surface area contributed by atoms with Crippen LogP contribution >= 0.6 is 0 Å². The summed E-state index contributed by atoms with van der Waals surface area (Å²) in [5.74, 6) is -0.119. The number of aliphatic hydroxyl groups excluding tert-OH is 1. The summed E-state index contributed by atoms with van der Waals surface area (Å²) in [6.45, 7) is 3.87. The van der Waals surface area contributed by atoms with Crippen LogP contribution in [0.5, 0.6) is 0 Å². The molecule has 0 fully saturated rings. The van der Waals surface area contributed by atoms with Crippen molar-refractivity contribution in [1.82, 2.24) is 10.3 Å². The van der Waals surface area contributed by atoms with Crippen molar-refractivity contribution in [3.63, 3.8) is 0 Å². The van der Waals surface area contributed by atoms with Crippen LogP contribution in [0.3, 0.4) is 0 Å². The number of nitrogens with zero attached hydrogens (tertiary/aromatic N) is 1. The van der Waals surface area contributed by atoms with E-state index < -0.39 is 0 Å². The highest BCUT2D eigenvalue weighted by Gasteiger charge is 2.14. The minimum atomic E-state index is -0.119. The van der Waals surface area contributed by atoms with Crippen molar-refractivity contribution in [2.24, 2.45) is 0 Å². The van der Waals surface area contributed by atoms with Gasteiger partial charge in [0.05, 0.1) is 5.69 Å². The third kappa shape index (κ3) is 3.67. The Kier molecular flexibility index (Phi) is 5.06. The molecule has 0 saturated carbocycles. The van der Waals surface area contributed by atoms with Gasteiger partial charge in [-0.15, -0.1) is 0 Å². The number of pyridine rings is 1. The fourth-order valence-electron chi connectivity index (χ4n) is 2.25. The number of hydrogen-bond acceptors (Lipinski definition) is 3. The first-order chi connectivity index (χ1) is 10.1. The highest BCUT2D eigenvalue weighted by atomic mass is 16.3. The number of aliphatic hydroxyl groups is 1. The number of rotatable bonds is 5. The number of benzene rings is 1. The van der Waals surface area contributed by atoms with E-state index >= 15 is 0 Å². The predicted molar refractivity (Wildman–Crippen MR) is 83.0 cm³/mol. The van der Waals surface area contributed by atoms with E-state index in [9.17, 15) is 4.79 Å². The van der Waals surface area contributed by atoms with Gasteiger partial charge >= 0.3 is 0 Å². The maximum Gasteiger partial charge on any atom is 0.251 e. The molecule has 1 aromatic carbocycles. The monoisotopic (exact) mass is 284 g/mol. The third-order valence-corrected chi connectivity index (χ3v) is 3.46. The van der Waals surface area contributed by atoms with Crippen molar-refractivity contribution in [2.75, 3.05) is 6.61 Å². The van der Waals surface area contributed by atoms with E-state index in [-0.39, 0.29) is 18.6 Å². The quantitative estimate of drug-likeness (QED) is 0.887. The molecule has 4 nitrogen and oxygen atoms in total. The first-order valence-electron chi connectivity index (χ1n) is 7.06. The molecular formula is C17H20N2O2. The highest BCUT2D eigenvalue weighted by molar-refractivity contribution is 5.97. The second-order valence-corrected chi connectivity index (χ2v) is 5.08. The molecule has 21 heavy (non-hydrogen) atoms. The minimum absolute atomic E-state index is 0.0552. The van der Waals surface area contributed by atoms with Crippen molar-refractivity contribution in [3.8, 4) is 11.3 Å². The topological polar surface area (TPSA) is 62.2 Å². The van der Waals surface area contributed by atoms with Gasteiger partial charge in [-0.2, -0.15) is 0 Å². The summed E-state index contributed by atoms with van der Waals surface area (Å²) in [7, 11) is 0. The number of nitrogens with one attached hydrogen (secondary N) is 1. The van der Waals surface area contributed by atoms with Crippen LogP contribution in [0.4, 0.5) is 0 Å². The lowest BCUT2D eigenvalue weighted by Crippen LogP contribution is -2.33. The first kappa shape index (κ1) is 15.2. The number of carbonyl (C=O) groups is 1. The zero-order chi connectivity index (χ0) is 15.2. The van der Waals surface area contributed by atoms with Gasteiger partial charge in [0.25, 0.3) is 5.91 Å². The molecule has 0 spiro atoms. The summed E-state index contributed by atoms with van der Waals surface area (Å²) >= 11 is 0. The molecule has 2 aromatic rings. The second-order valence-electron chi connectivity index (χ2n) is 5.08. The van der Waals surface area contributed by atoms with E-state index in [1.165, 1.54) is 0 Å². The van der Waals surface area contributed by atoms with Gasteiger partial charge in [0.2, 0.25) is 0 Å². The van der Waals surface area contributed by atoms with Gasteiger partial charge in [-0.1, -0.05) is 18.2 Å². The van der Waals surface area contributed by atoms with Crippen molar-refractivity contribution < 1.29 is 9.90 Å². The number of carbonyl (C=O) groups excluding carboxylic acids is 1. The Balaban J connectivity index is 2.28. The Morgan fingerprint density at radius 1 is 1.29 bits per heavy atom. The van der Waals surface area contributed by atoms with Crippen LogP contribution in [-0.2, 0) is 0 Å². The normalized spacial score (nSPS) is 12.0. The lowest BCUT2D eigenvalue weighted by Gasteiger charge is -2.15. The van der Waals surface area contributed by atoms with Crippen LogP contribution in [-0.4, -0.2) is 28.6 Å². The van der Waals surface area contributed by atoms with Gasteiger partial charge in [0, 0.05) is 30.0 Å². The third-order valence-electron chi connectivity index (χ3n) is 3.46. The maximum atomic E-state index is 12.3. The van der Waals surface area contributed by atoms with E-state index in [2.05, 4.69) is 10.3 Å². The number of hydrogen-bond donors (Lipinski definition) is 2. The molecule has 0 radical (unpaired) electrons. The predicted octanol–water partition coefficient (Wildman–Crippen LogP) is 2.56. The molecular weight excluding hydrogens is 264 g/mol. The van der Waals surface area contributed by atoms with Gasteiger partial charge in [-0.3, -0.25) is 9.78 Å². The lowest BCUT2D eigenvalue weighted by molar-refractivity contribution is 0.0934. The largest absolute Gasteiger partial charge is 0.396 e. The molecule has 0 aliphatic heterocycles. The van der Waals surface area contributed by atoms with Crippen LogP contribution < -0.4 is 5.32 Å². The average molecular weight is 284 g/mol. The molecule has 0 bridgehead atoms. The van der Waals surface area contributed by atoms with E-state index in [1.54, 1.807) is 6.20 Å². The van der Waals surface area contributed by atoms with E-state index in [0.717, 1.165) is 16.8 Å². The highest BCUT2D eigenvalue weighted by Crippen LogP contribution is 2.23. The van der Waals surface area contributed by atoms with Crippen molar-refractivity contribution in [1.29, 1.82) is 0 Å². The van der Waals surface area contributed by atoms with Crippen LogP contribution in [0.25, 0.3) is 11.3 Å². The summed E-state index contributed by atoms with van der Waals surface area (Å²) in [5, 5.41) is 11.8. The van der Waals surface area contributed by atoms with Crippen LogP contribution in [0.2, 0.25) is 0 Å². The minimum Gasteiger partial charge on any atom is -0.396 e. The molecule has 2 N–H and O–H groups in total. The van der Waals surface area contributed by atoms with Crippen molar-refractivity contribution in [3.05, 3.63) is 53.7 Å². The molecule has 1 atom stereocenters. The van der Waals surface area contributed by atoms with Crippen molar-refractivity contribution in [2.45, 2.75) is 26.3 Å². The Morgan fingerprint density at radius 3 is 2.76 bits per heavy atom. The molecule has 0 aliphatic carbocycles. The van der Waals surface area contributed by atoms with E-state index in [0.29, 0.717) is 12.0 Å². The molecule has 110 valence electrons. The standard InChI is InChI=1S/C17H20N2O2/c1-12(9-11-20)19-17(21)15-7-5-6-14(13(15)2)16-8-3-4-10-18-16/h3-8,10,12,20H,9,11H2,1-2H3,(H,19,21). The smallest absolute Gasteiger partial charge is 0.251 e. The Labute approximate surface area is 124 Å². The van der Waals surface area contributed by atoms with Gasteiger partial charge in [-0.05, 0) is 44.0 Å². The van der Waals surface area contributed by atoms with Gasteiger partial charge in [-0.25, -0.2) is 0 Å². The number of aromatic nitrogens is 1. The molecule has 0 saturated heterocycles. The van der Waals surface area contributed by atoms with E-state index in [1.807, 2.05) is 50.2 Å². The average Bonchev–Trinajstić information content (AvgIpc) is 2.48. The number of amides is 1. The summed E-state index contributed by atoms with van der Waals surface area (Å²) in [6, 6.07) is 11.3. The molecule has 4 heteroatoms. The summed E-state index contributed by atoms with van der Waals surface area (Å²) in [4.78, 5) is 16.7. The van der Waals surface area contributed by atoms with Crippen LogP contribution in [0, 0.1) is 6.92 Å². The SMILES string of the molecule is Cc1c(C(=O)NC(C)CCO)cccc1-c1ccccn1. The second kappa shape index (κ2) is 6.99. The van der Waals surface area contributed by atoms with Gasteiger partial charge in [0.15, 0.2) is 0 Å².